The number of aromatic nitrogens is 2. The Hall–Kier alpha value is -1.92. The van der Waals surface area contributed by atoms with Gasteiger partial charge in [0.1, 0.15) is 11.0 Å². The topological polar surface area (TPSA) is 53.1 Å². The first-order valence-electron chi connectivity index (χ1n) is 9.88. The Morgan fingerprint density at radius 2 is 1.89 bits per heavy atom. The minimum absolute atomic E-state index is 0.422. The van der Waals surface area contributed by atoms with Crippen molar-refractivity contribution in [1.29, 1.82) is 0 Å². The zero-order chi connectivity index (χ0) is 19.9. The minimum Gasteiger partial charge on any atom is -0.362 e. The highest BCUT2D eigenvalue weighted by Crippen LogP contribution is 2.27. The summed E-state index contributed by atoms with van der Waals surface area (Å²) in [5, 5.41) is 7.22. The number of benzene rings is 1. The van der Waals surface area contributed by atoms with Crippen LogP contribution in [-0.2, 0) is 6.42 Å². The van der Waals surface area contributed by atoms with Crippen molar-refractivity contribution in [3.05, 3.63) is 47.1 Å². The van der Waals surface area contributed by atoms with E-state index in [4.69, 9.17) is 23.8 Å². The number of aryl methyl sites for hydroxylation is 1. The molecule has 150 valence electrons. The molecule has 0 saturated carbocycles. The van der Waals surface area contributed by atoms with Crippen LogP contribution in [0.5, 0.6) is 0 Å². The highest BCUT2D eigenvalue weighted by molar-refractivity contribution is 7.80. The molecule has 2 heterocycles. The molecule has 5 nitrogen and oxygen atoms in total. The van der Waals surface area contributed by atoms with Crippen LogP contribution in [0.25, 0.3) is 0 Å². The Balaban J connectivity index is 1.52. The normalized spacial score (nSPS) is 19.3. The van der Waals surface area contributed by atoms with Gasteiger partial charge >= 0.3 is 0 Å². The van der Waals surface area contributed by atoms with Crippen LogP contribution in [0.2, 0.25) is 5.15 Å². The first-order chi connectivity index (χ1) is 13.5. The second kappa shape index (κ2) is 10.0. The van der Waals surface area contributed by atoms with Gasteiger partial charge in [-0.15, -0.1) is 0 Å². The number of piperidine rings is 1. The lowest BCUT2D eigenvalue weighted by Crippen LogP contribution is -2.39. The van der Waals surface area contributed by atoms with Gasteiger partial charge in [-0.05, 0) is 48.9 Å². The second-order valence-electron chi connectivity index (χ2n) is 7.69. The van der Waals surface area contributed by atoms with E-state index in [1.165, 1.54) is 12.0 Å². The van der Waals surface area contributed by atoms with E-state index >= 15 is 0 Å². The standard InChI is InChI=1S/C21H28ClN5S/c1-15-11-16(2)14-27(13-15)19-12-18(22)24-20(25-19)26-21(28)23-10-6-9-17-7-4-3-5-8-17/h3-5,7-8,12,15-16H,6,9-11,13-14H2,1-2H3,(H2,23,24,25,26,28)/t15-,16-/m1/s1. The maximum absolute atomic E-state index is 6.24. The summed E-state index contributed by atoms with van der Waals surface area (Å²) in [6.07, 6.45) is 3.26. The summed E-state index contributed by atoms with van der Waals surface area (Å²) in [6.45, 7) is 7.31. The van der Waals surface area contributed by atoms with Crippen LogP contribution < -0.4 is 15.5 Å². The third-order valence-electron chi connectivity index (χ3n) is 4.87. The lowest BCUT2D eigenvalue weighted by Gasteiger charge is -2.35. The second-order valence-corrected chi connectivity index (χ2v) is 8.49. The molecular weight excluding hydrogens is 390 g/mol. The molecule has 1 aromatic heterocycles. The van der Waals surface area contributed by atoms with E-state index in [2.05, 4.69) is 63.6 Å². The summed E-state index contributed by atoms with van der Waals surface area (Å²) in [7, 11) is 0. The number of rotatable bonds is 6. The van der Waals surface area contributed by atoms with Crippen molar-refractivity contribution in [2.24, 2.45) is 11.8 Å². The molecule has 0 amide bonds. The highest BCUT2D eigenvalue weighted by Gasteiger charge is 2.23. The summed E-state index contributed by atoms with van der Waals surface area (Å²) in [5.74, 6) is 2.57. The molecule has 1 saturated heterocycles. The maximum Gasteiger partial charge on any atom is 0.232 e. The largest absolute Gasteiger partial charge is 0.362 e. The van der Waals surface area contributed by atoms with E-state index in [0.29, 0.717) is 28.0 Å². The fourth-order valence-electron chi connectivity index (χ4n) is 3.76. The average Bonchev–Trinajstić information content (AvgIpc) is 2.65. The van der Waals surface area contributed by atoms with Crippen molar-refractivity contribution in [3.63, 3.8) is 0 Å². The van der Waals surface area contributed by atoms with Crippen LogP contribution in [0.4, 0.5) is 11.8 Å². The summed E-state index contributed by atoms with van der Waals surface area (Å²) >= 11 is 11.6. The highest BCUT2D eigenvalue weighted by atomic mass is 35.5. The zero-order valence-electron chi connectivity index (χ0n) is 16.5. The van der Waals surface area contributed by atoms with E-state index in [-0.39, 0.29) is 0 Å². The van der Waals surface area contributed by atoms with Gasteiger partial charge in [0, 0.05) is 25.7 Å². The Labute approximate surface area is 177 Å². The summed E-state index contributed by atoms with van der Waals surface area (Å²) in [4.78, 5) is 11.2. The monoisotopic (exact) mass is 417 g/mol. The molecule has 0 spiro atoms. The molecule has 1 aromatic carbocycles. The van der Waals surface area contributed by atoms with E-state index < -0.39 is 0 Å². The van der Waals surface area contributed by atoms with Gasteiger partial charge in [-0.25, -0.2) is 4.98 Å². The predicted molar refractivity (Wildman–Crippen MR) is 121 cm³/mol. The molecule has 7 heteroatoms. The molecule has 0 unspecified atom stereocenters. The molecule has 0 aliphatic carbocycles. The van der Waals surface area contributed by atoms with E-state index in [9.17, 15) is 0 Å². The van der Waals surface area contributed by atoms with Crippen LogP contribution >= 0.6 is 23.8 Å². The number of thiocarbonyl (C=S) groups is 1. The van der Waals surface area contributed by atoms with Crippen LogP contribution in [0.3, 0.4) is 0 Å². The number of nitrogens with one attached hydrogen (secondary N) is 2. The molecule has 2 N–H and O–H groups in total. The molecule has 2 atom stereocenters. The van der Waals surface area contributed by atoms with Crippen LogP contribution in [0, 0.1) is 11.8 Å². The van der Waals surface area contributed by atoms with Crippen molar-refractivity contribution >= 4 is 40.7 Å². The molecule has 2 aromatic rings. The molecule has 1 fully saturated rings. The van der Waals surface area contributed by atoms with E-state index in [0.717, 1.165) is 38.3 Å². The van der Waals surface area contributed by atoms with Crippen molar-refractivity contribution in [3.8, 4) is 0 Å². The third kappa shape index (κ3) is 6.31. The summed E-state index contributed by atoms with van der Waals surface area (Å²) in [6, 6.07) is 12.3. The Morgan fingerprint density at radius 1 is 1.18 bits per heavy atom. The quantitative estimate of drug-likeness (QED) is 0.409. The average molecular weight is 418 g/mol. The SMILES string of the molecule is C[C@@H]1C[C@@H](C)CN(c2cc(Cl)nc(NC(=S)NCCCc3ccccc3)n2)C1. The predicted octanol–water partition coefficient (Wildman–Crippen LogP) is 4.53. The van der Waals surface area contributed by atoms with Crippen LogP contribution in [0.1, 0.15) is 32.3 Å². The Morgan fingerprint density at radius 3 is 2.61 bits per heavy atom. The van der Waals surface area contributed by atoms with Gasteiger partial charge < -0.3 is 15.5 Å². The van der Waals surface area contributed by atoms with Gasteiger partial charge in [0.15, 0.2) is 5.11 Å². The van der Waals surface area contributed by atoms with Gasteiger partial charge in [-0.1, -0.05) is 55.8 Å². The lowest BCUT2D eigenvalue weighted by molar-refractivity contribution is 0.355. The molecule has 0 radical (unpaired) electrons. The fraction of sp³-hybridized carbons (Fsp3) is 0.476. The first kappa shape index (κ1) is 20.8. The molecule has 0 bridgehead atoms. The number of anilines is 2. The molecular formula is C21H28ClN5S. The van der Waals surface area contributed by atoms with Gasteiger partial charge in [0.05, 0.1) is 0 Å². The zero-order valence-corrected chi connectivity index (χ0v) is 18.1. The number of hydrogen-bond acceptors (Lipinski definition) is 4. The van der Waals surface area contributed by atoms with Crippen LogP contribution in [-0.4, -0.2) is 34.7 Å². The fourth-order valence-corrected chi connectivity index (χ4v) is 4.13. The molecule has 1 aliphatic heterocycles. The molecule has 1 aliphatic rings. The van der Waals surface area contributed by atoms with Crippen molar-refractivity contribution < 1.29 is 0 Å². The van der Waals surface area contributed by atoms with E-state index in [1.54, 1.807) is 0 Å². The first-order valence-corrected chi connectivity index (χ1v) is 10.7. The van der Waals surface area contributed by atoms with Crippen molar-refractivity contribution in [1.82, 2.24) is 15.3 Å². The lowest BCUT2D eigenvalue weighted by atomic mass is 9.92. The molecule has 3 rings (SSSR count). The summed E-state index contributed by atoms with van der Waals surface area (Å²) in [5.41, 5.74) is 1.33. The summed E-state index contributed by atoms with van der Waals surface area (Å²) < 4.78 is 0. The van der Waals surface area contributed by atoms with E-state index in [1.807, 2.05) is 12.1 Å². The van der Waals surface area contributed by atoms with Gasteiger partial charge in [-0.2, -0.15) is 4.98 Å². The Kier molecular flexibility index (Phi) is 7.45. The van der Waals surface area contributed by atoms with Gasteiger partial charge in [0.25, 0.3) is 0 Å². The van der Waals surface area contributed by atoms with Crippen molar-refractivity contribution in [2.75, 3.05) is 29.9 Å². The third-order valence-corrected chi connectivity index (χ3v) is 5.31. The van der Waals surface area contributed by atoms with Gasteiger partial charge in [0.2, 0.25) is 5.95 Å². The smallest absolute Gasteiger partial charge is 0.232 e. The molecule has 28 heavy (non-hydrogen) atoms. The van der Waals surface area contributed by atoms with Crippen LogP contribution in [0.15, 0.2) is 36.4 Å². The number of hydrogen-bond donors (Lipinski definition) is 2. The Bertz CT molecular complexity index is 776. The van der Waals surface area contributed by atoms with Crippen molar-refractivity contribution in [2.45, 2.75) is 33.1 Å². The number of halogens is 1. The minimum atomic E-state index is 0.422. The van der Waals surface area contributed by atoms with Gasteiger partial charge in [-0.3, -0.25) is 0 Å². The maximum atomic E-state index is 6.24. The number of nitrogens with zero attached hydrogens (tertiary/aromatic N) is 3.